The Morgan fingerprint density at radius 1 is 1.32 bits per heavy atom. The van der Waals surface area contributed by atoms with Gasteiger partial charge in [-0.1, -0.05) is 18.2 Å². The number of carbonyl (C=O) groups excluding carboxylic acids is 1. The van der Waals surface area contributed by atoms with Crippen molar-refractivity contribution in [3.8, 4) is 0 Å². The summed E-state index contributed by atoms with van der Waals surface area (Å²) >= 11 is 2.30. The predicted molar refractivity (Wildman–Crippen MR) is 107 cm³/mol. The van der Waals surface area contributed by atoms with Crippen molar-refractivity contribution in [3.63, 3.8) is 0 Å². The summed E-state index contributed by atoms with van der Waals surface area (Å²) in [6, 6.07) is 11.4. The Kier molecular flexibility index (Phi) is 3.52. The molecule has 0 fully saturated rings. The first-order valence-electron chi connectivity index (χ1n) is 8.53. The van der Waals surface area contributed by atoms with E-state index in [2.05, 4.69) is 4.99 Å². The van der Waals surface area contributed by atoms with E-state index in [9.17, 15) is 19.3 Å². The van der Waals surface area contributed by atoms with E-state index in [-0.39, 0.29) is 15.9 Å². The van der Waals surface area contributed by atoms with Crippen molar-refractivity contribution in [1.82, 2.24) is 0 Å². The second kappa shape index (κ2) is 5.57. The Labute approximate surface area is 168 Å². The summed E-state index contributed by atoms with van der Waals surface area (Å²) in [6.45, 7) is 0. The fourth-order valence-corrected chi connectivity index (χ4v) is 7.12. The molecule has 0 saturated heterocycles. The molecule has 28 heavy (non-hydrogen) atoms. The van der Waals surface area contributed by atoms with E-state index in [1.807, 2.05) is 18.2 Å². The third-order valence-electron chi connectivity index (χ3n) is 5.71. The zero-order valence-electron chi connectivity index (χ0n) is 14.9. The van der Waals surface area contributed by atoms with E-state index in [1.165, 1.54) is 34.9 Å². The SMILES string of the molecule is CSC1=N[C@@]2(C(=O)N(C)c3ccc(F)cc32)[C@@H]2c3ccccc3S[C@]12[N+](=O)[O-]. The minimum absolute atomic E-state index is 0.280. The number of halogens is 1. The standard InChI is InChI=1S/C19H14FN3O3S2/c1-22-13-8-7-10(20)9-12(13)18(17(22)24)15-11-5-3-4-6-14(11)28-19(15,23(25)26)16(21-18)27-2/h3-9,15H,1-2H3/t15-,18+,19-/m0/s1. The quantitative estimate of drug-likeness (QED) is 0.525. The van der Waals surface area contributed by atoms with E-state index in [0.29, 0.717) is 16.8 Å². The van der Waals surface area contributed by atoms with Crippen LogP contribution in [0.1, 0.15) is 17.0 Å². The zero-order valence-corrected chi connectivity index (χ0v) is 16.5. The number of likely N-dealkylation sites (N-methyl/N-ethyl adjacent to an activating group) is 1. The number of hydrogen-bond acceptors (Lipinski definition) is 6. The summed E-state index contributed by atoms with van der Waals surface area (Å²) < 4.78 is 14.2. The van der Waals surface area contributed by atoms with E-state index in [4.69, 9.17) is 0 Å². The van der Waals surface area contributed by atoms with Gasteiger partial charge in [-0.25, -0.2) is 4.39 Å². The summed E-state index contributed by atoms with van der Waals surface area (Å²) in [4.78, 5) is 30.9. The molecule has 0 radical (unpaired) electrons. The average molecular weight is 415 g/mol. The van der Waals surface area contributed by atoms with Crippen molar-refractivity contribution in [2.45, 2.75) is 21.2 Å². The van der Waals surface area contributed by atoms with Crippen LogP contribution in [-0.4, -0.2) is 34.0 Å². The van der Waals surface area contributed by atoms with Gasteiger partial charge < -0.3 is 4.90 Å². The lowest BCUT2D eigenvalue weighted by Gasteiger charge is -2.29. The van der Waals surface area contributed by atoms with Crippen LogP contribution < -0.4 is 4.90 Å². The number of thioether (sulfide) groups is 2. The highest BCUT2D eigenvalue weighted by atomic mass is 32.2. The summed E-state index contributed by atoms with van der Waals surface area (Å²) in [7, 11) is 1.60. The van der Waals surface area contributed by atoms with Gasteiger partial charge >= 0.3 is 4.87 Å². The van der Waals surface area contributed by atoms with Gasteiger partial charge in [0.1, 0.15) is 11.7 Å². The highest BCUT2D eigenvalue weighted by molar-refractivity contribution is 8.16. The van der Waals surface area contributed by atoms with Crippen LogP contribution in [-0.2, 0) is 10.3 Å². The van der Waals surface area contributed by atoms with Gasteiger partial charge in [-0.3, -0.25) is 19.9 Å². The molecular weight excluding hydrogens is 401 g/mol. The molecule has 0 saturated carbocycles. The Morgan fingerprint density at radius 3 is 2.79 bits per heavy atom. The largest absolute Gasteiger partial charge is 0.328 e. The molecule has 2 aromatic carbocycles. The molecule has 0 unspecified atom stereocenters. The van der Waals surface area contributed by atoms with Gasteiger partial charge in [0.25, 0.3) is 5.91 Å². The van der Waals surface area contributed by atoms with Gasteiger partial charge in [-0.2, -0.15) is 0 Å². The van der Waals surface area contributed by atoms with Gasteiger partial charge in [0, 0.05) is 28.1 Å². The average Bonchev–Trinajstić information content (AvgIpc) is 3.25. The monoisotopic (exact) mass is 415 g/mol. The van der Waals surface area contributed by atoms with E-state index in [1.54, 1.807) is 19.4 Å². The Bertz CT molecular complexity index is 1110. The van der Waals surface area contributed by atoms with Gasteiger partial charge in [-0.05, 0) is 47.8 Å². The van der Waals surface area contributed by atoms with Gasteiger partial charge in [0.15, 0.2) is 10.6 Å². The van der Waals surface area contributed by atoms with Crippen LogP contribution in [0.4, 0.5) is 10.1 Å². The summed E-state index contributed by atoms with van der Waals surface area (Å²) in [6.07, 6.45) is 1.72. The maximum Gasteiger partial charge on any atom is 0.328 e. The number of nitro groups is 1. The van der Waals surface area contributed by atoms with Crippen molar-refractivity contribution in [2.24, 2.45) is 4.99 Å². The van der Waals surface area contributed by atoms with Crippen molar-refractivity contribution in [2.75, 3.05) is 18.2 Å². The van der Waals surface area contributed by atoms with Crippen molar-refractivity contribution >= 4 is 40.2 Å². The van der Waals surface area contributed by atoms with Gasteiger partial charge in [0.2, 0.25) is 0 Å². The molecule has 0 N–H and O–H groups in total. The number of hydrogen-bond donors (Lipinski definition) is 0. The van der Waals surface area contributed by atoms with E-state index in [0.717, 1.165) is 16.7 Å². The third-order valence-corrected chi connectivity index (χ3v) is 8.11. The fourth-order valence-electron chi connectivity index (χ4n) is 4.62. The number of carbonyl (C=O) groups is 1. The summed E-state index contributed by atoms with van der Waals surface area (Å²) in [5, 5.41) is 12.7. The van der Waals surface area contributed by atoms with Crippen LogP contribution >= 0.6 is 23.5 Å². The molecule has 0 aliphatic carbocycles. The summed E-state index contributed by atoms with van der Waals surface area (Å²) in [5.41, 5.74) is 0.0783. The molecule has 142 valence electrons. The number of nitrogens with zero attached hydrogens (tertiary/aromatic N) is 3. The molecule has 2 aromatic rings. The first kappa shape index (κ1) is 17.7. The minimum atomic E-state index is -1.60. The molecule has 3 atom stereocenters. The molecule has 9 heteroatoms. The smallest absolute Gasteiger partial charge is 0.313 e. The minimum Gasteiger partial charge on any atom is -0.313 e. The Hall–Kier alpha value is -2.39. The first-order valence-corrected chi connectivity index (χ1v) is 10.6. The normalized spacial score (nSPS) is 29.7. The number of rotatable bonds is 1. The Balaban J connectivity index is 1.90. The molecule has 5 rings (SSSR count). The maximum absolute atomic E-state index is 14.2. The van der Waals surface area contributed by atoms with Crippen LogP contribution in [0.25, 0.3) is 0 Å². The number of benzene rings is 2. The highest BCUT2D eigenvalue weighted by Gasteiger charge is 2.77. The summed E-state index contributed by atoms with van der Waals surface area (Å²) in [5.74, 6) is -1.72. The molecule has 0 aromatic heterocycles. The third kappa shape index (κ3) is 1.81. The van der Waals surface area contributed by atoms with Crippen LogP contribution in [0, 0.1) is 15.9 Å². The lowest BCUT2D eigenvalue weighted by Crippen LogP contribution is -2.49. The van der Waals surface area contributed by atoms with Crippen LogP contribution in [0.2, 0.25) is 0 Å². The van der Waals surface area contributed by atoms with Crippen molar-refractivity contribution in [1.29, 1.82) is 0 Å². The van der Waals surface area contributed by atoms with Gasteiger partial charge in [0.05, 0.1) is 0 Å². The maximum atomic E-state index is 14.2. The lowest BCUT2D eigenvalue weighted by atomic mass is 9.74. The van der Waals surface area contributed by atoms with Crippen LogP contribution in [0.15, 0.2) is 52.4 Å². The molecular formula is C19H14FN3O3S2. The van der Waals surface area contributed by atoms with E-state index >= 15 is 0 Å². The number of aliphatic imine (C=N–C) groups is 1. The number of fused-ring (bicyclic) bond motifs is 6. The molecule has 6 nitrogen and oxygen atoms in total. The van der Waals surface area contributed by atoms with Crippen molar-refractivity contribution in [3.05, 3.63) is 69.5 Å². The Morgan fingerprint density at radius 2 is 2.07 bits per heavy atom. The zero-order chi connectivity index (χ0) is 19.8. The first-order chi connectivity index (χ1) is 13.4. The lowest BCUT2D eigenvalue weighted by molar-refractivity contribution is -0.519. The highest BCUT2D eigenvalue weighted by Crippen LogP contribution is 2.68. The second-order valence-electron chi connectivity index (χ2n) is 6.94. The molecule has 3 aliphatic rings. The topological polar surface area (TPSA) is 75.8 Å². The van der Waals surface area contributed by atoms with Crippen LogP contribution in [0.3, 0.4) is 0 Å². The van der Waals surface area contributed by atoms with Crippen molar-refractivity contribution < 1.29 is 14.1 Å². The predicted octanol–water partition coefficient (Wildman–Crippen LogP) is 3.64. The molecule has 3 heterocycles. The fraction of sp³-hybridized carbons (Fsp3) is 0.263. The molecule has 0 bridgehead atoms. The molecule has 3 aliphatic heterocycles. The van der Waals surface area contributed by atoms with E-state index < -0.39 is 22.1 Å². The number of anilines is 1. The molecule has 1 spiro atoms. The second-order valence-corrected chi connectivity index (χ2v) is 9.00. The molecule has 1 amide bonds. The number of amides is 1. The van der Waals surface area contributed by atoms with Gasteiger partial charge in [-0.15, -0.1) is 11.8 Å². The van der Waals surface area contributed by atoms with Crippen LogP contribution in [0.5, 0.6) is 0 Å².